The highest BCUT2D eigenvalue weighted by Crippen LogP contribution is 2.26. The van der Waals surface area contributed by atoms with Crippen LogP contribution >= 0.6 is 22.9 Å². The van der Waals surface area contributed by atoms with Crippen molar-refractivity contribution in [2.45, 2.75) is 26.8 Å². The van der Waals surface area contributed by atoms with E-state index in [-0.39, 0.29) is 0 Å². The van der Waals surface area contributed by atoms with Crippen LogP contribution in [0.4, 0.5) is 0 Å². The van der Waals surface area contributed by atoms with Gasteiger partial charge in [-0.05, 0) is 44.0 Å². The molecule has 3 N–H and O–H groups in total. The average Bonchev–Trinajstić information content (AvgIpc) is 2.65. The summed E-state index contributed by atoms with van der Waals surface area (Å²) in [6, 6.07) is 4.38. The van der Waals surface area contributed by atoms with Crippen LogP contribution in [0.3, 0.4) is 0 Å². The maximum Gasteiger partial charge on any atom is 0.0931 e. The summed E-state index contributed by atoms with van der Waals surface area (Å²) in [4.78, 5) is 1.28. The van der Waals surface area contributed by atoms with E-state index in [4.69, 9.17) is 17.3 Å². The fourth-order valence-electron chi connectivity index (χ4n) is 1.58. The van der Waals surface area contributed by atoms with Crippen LogP contribution in [0.15, 0.2) is 12.1 Å². The minimum Gasteiger partial charge on any atom is -0.330 e. The van der Waals surface area contributed by atoms with Gasteiger partial charge >= 0.3 is 0 Å². The molecule has 2 nitrogen and oxygen atoms in total. The largest absolute Gasteiger partial charge is 0.330 e. The zero-order chi connectivity index (χ0) is 12.1. The summed E-state index contributed by atoms with van der Waals surface area (Å²) in [5.41, 5.74) is 5.74. The second-order valence-electron chi connectivity index (χ2n) is 4.51. The van der Waals surface area contributed by atoms with Crippen LogP contribution in [0.1, 0.15) is 31.7 Å². The van der Waals surface area contributed by atoms with E-state index in [0.717, 1.165) is 17.4 Å². The number of nitrogens with two attached hydrogens (primary N) is 1. The number of rotatable bonds is 6. The Morgan fingerprint density at radius 2 is 2.06 bits per heavy atom. The Hall–Kier alpha value is -0.0900. The molecule has 0 aliphatic carbocycles. The molecule has 1 rings (SSSR count). The molecule has 0 radical (unpaired) electrons. The molecule has 0 fully saturated rings. The van der Waals surface area contributed by atoms with Gasteiger partial charge < -0.3 is 11.1 Å². The minimum absolute atomic E-state index is 0.352. The van der Waals surface area contributed by atoms with Crippen molar-refractivity contribution >= 4 is 22.9 Å². The lowest BCUT2D eigenvalue weighted by Gasteiger charge is -2.21. The van der Waals surface area contributed by atoms with E-state index >= 15 is 0 Å². The van der Waals surface area contributed by atoms with Crippen molar-refractivity contribution in [1.29, 1.82) is 0 Å². The Labute approximate surface area is 107 Å². The van der Waals surface area contributed by atoms with Gasteiger partial charge in [0.05, 0.1) is 4.34 Å². The van der Waals surface area contributed by atoms with Crippen molar-refractivity contribution in [2.24, 2.45) is 17.6 Å². The topological polar surface area (TPSA) is 38.0 Å². The number of halogens is 1. The van der Waals surface area contributed by atoms with Crippen molar-refractivity contribution in [2.75, 3.05) is 13.1 Å². The Bertz CT molecular complexity index is 312. The molecule has 0 bridgehead atoms. The smallest absolute Gasteiger partial charge is 0.0931 e. The summed E-state index contributed by atoms with van der Waals surface area (Å²) in [5, 5.41) is 3.52. The first-order chi connectivity index (χ1) is 7.54. The Morgan fingerprint density at radius 3 is 2.50 bits per heavy atom. The molecule has 1 heterocycles. The standard InChI is InChI=1S/C12H21ClN2S/c1-8(2)10(6-14)7-15-9(3)11-4-5-12(13)16-11/h4-5,8-10,15H,6-7,14H2,1-3H3. The van der Waals surface area contributed by atoms with Crippen LogP contribution in [-0.2, 0) is 0 Å². The van der Waals surface area contributed by atoms with E-state index in [1.807, 2.05) is 6.07 Å². The lowest BCUT2D eigenvalue weighted by Crippen LogP contribution is -2.32. The van der Waals surface area contributed by atoms with Gasteiger partial charge in [-0.1, -0.05) is 25.4 Å². The average molecular weight is 261 g/mol. The SMILES string of the molecule is CC(NCC(CN)C(C)C)c1ccc(Cl)s1. The summed E-state index contributed by atoms with van der Waals surface area (Å²) < 4.78 is 0.850. The summed E-state index contributed by atoms with van der Waals surface area (Å²) >= 11 is 7.55. The van der Waals surface area contributed by atoms with Crippen LogP contribution in [0.2, 0.25) is 4.34 Å². The van der Waals surface area contributed by atoms with Crippen LogP contribution in [0, 0.1) is 11.8 Å². The van der Waals surface area contributed by atoms with Crippen molar-refractivity contribution < 1.29 is 0 Å². The first-order valence-corrected chi connectivity index (χ1v) is 6.92. The first-order valence-electron chi connectivity index (χ1n) is 5.73. The molecule has 0 saturated carbocycles. The fourth-order valence-corrected chi connectivity index (χ4v) is 2.67. The van der Waals surface area contributed by atoms with Gasteiger partial charge in [-0.15, -0.1) is 11.3 Å². The highest BCUT2D eigenvalue weighted by molar-refractivity contribution is 7.16. The van der Waals surface area contributed by atoms with E-state index in [2.05, 4.69) is 32.2 Å². The van der Waals surface area contributed by atoms with Gasteiger partial charge in [-0.3, -0.25) is 0 Å². The second kappa shape index (κ2) is 6.60. The molecule has 0 aliphatic rings. The highest BCUT2D eigenvalue weighted by atomic mass is 35.5. The highest BCUT2D eigenvalue weighted by Gasteiger charge is 2.14. The number of thiophene rings is 1. The van der Waals surface area contributed by atoms with E-state index < -0.39 is 0 Å². The lowest BCUT2D eigenvalue weighted by atomic mass is 9.96. The molecule has 0 aliphatic heterocycles. The van der Waals surface area contributed by atoms with E-state index in [9.17, 15) is 0 Å². The quantitative estimate of drug-likeness (QED) is 0.824. The maximum atomic E-state index is 5.92. The number of hydrogen-bond donors (Lipinski definition) is 2. The molecular weight excluding hydrogens is 240 g/mol. The minimum atomic E-state index is 0.352. The third-order valence-electron chi connectivity index (χ3n) is 2.95. The van der Waals surface area contributed by atoms with Gasteiger partial charge in [0.25, 0.3) is 0 Å². The molecule has 2 unspecified atom stereocenters. The van der Waals surface area contributed by atoms with Gasteiger partial charge in [-0.25, -0.2) is 0 Å². The number of nitrogens with one attached hydrogen (secondary N) is 1. The molecule has 4 heteroatoms. The Morgan fingerprint density at radius 1 is 1.38 bits per heavy atom. The number of hydrogen-bond acceptors (Lipinski definition) is 3. The normalized spacial score (nSPS) is 15.4. The van der Waals surface area contributed by atoms with Crippen molar-refractivity contribution in [3.63, 3.8) is 0 Å². The molecule has 1 aromatic heterocycles. The monoisotopic (exact) mass is 260 g/mol. The van der Waals surface area contributed by atoms with Gasteiger partial charge in [0.15, 0.2) is 0 Å². The maximum absolute atomic E-state index is 5.92. The molecule has 0 saturated heterocycles. The van der Waals surface area contributed by atoms with Crippen molar-refractivity contribution in [3.05, 3.63) is 21.3 Å². The van der Waals surface area contributed by atoms with Crippen LogP contribution in [0.25, 0.3) is 0 Å². The molecule has 0 aromatic carbocycles. The summed E-state index contributed by atoms with van der Waals surface area (Å²) in [6.45, 7) is 8.29. The van der Waals surface area contributed by atoms with Gasteiger partial charge in [-0.2, -0.15) is 0 Å². The molecule has 2 atom stereocenters. The molecule has 92 valence electrons. The third kappa shape index (κ3) is 4.06. The molecule has 1 aromatic rings. The summed E-state index contributed by atoms with van der Waals surface area (Å²) in [5.74, 6) is 1.16. The van der Waals surface area contributed by atoms with Gasteiger partial charge in [0, 0.05) is 10.9 Å². The molecule has 0 amide bonds. The van der Waals surface area contributed by atoms with E-state index in [1.165, 1.54) is 4.88 Å². The van der Waals surface area contributed by atoms with Crippen molar-refractivity contribution in [1.82, 2.24) is 5.32 Å². The zero-order valence-electron chi connectivity index (χ0n) is 10.2. The predicted octanol–water partition coefficient (Wildman–Crippen LogP) is 3.28. The fraction of sp³-hybridized carbons (Fsp3) is 0.667. The van der Waals surface area contributed by atoms with Gasteiger partial charge in [0.1, 0.15) is 0 Å². The van der Waals surface area contributed by atoms with Gasteiger partial charge in [0.2, 0.25) is 0 Å². The van der Waals surface area contributed by atoms with Crippen molar-refractivity contribution in [3.8, 4) is 0 Å². The lowest BCUT2D eigenvalue weighted by molar-refractivity contribution is 0.357. The molecule has 0 spiro atoms. The first kappa shape index (κ1) is 14.0. The van der Waals surface area contributed by atoms with E-state index in [0.29, 0.717) is 17.9 Å². The zero-order valence-corrected chi connectivity index (χ0v) is 11.7. The molecular formula is C12H21ClN2S. The third-order valence-corrected chi connectivity index (χ3v) is 4.37. The van der Waals surface area contributed by atoms with Crippen LogP contribution in [0.5, 0.6) is 0 Å². The van der Waals surface area contributed by atoms with Crippen LogP contribution in [-0.4, -0.2) is 13.1 Å². The van der Waals surface area contributed by atoms with Crippen LogP contribution < -0.4 is 11.1 Å². The summed E-state index contributed by atoms with van der Waals surface area (Å²) in [7, 11) is 0. The Balaban J connectivity index is 2.43. The second-order valence-corrected chi connectivity index (χ2v) is 6.26. The predicted molar refractivity (Wildman–Crippen MR) is 73.1 cm³/mol. The Kier molecular flexibility index (Phi) is 5.76. The molecule has 16 heavy (non-hydrogen) atoms. The summed E-state index contributed by atoms with van der Waals surface area (Å²) in [6.07, 6.45) is 0. The van der Waals surface area contributed by atoms with E-state index in [1.54, 1.807) is 11.3 Å².